The van der Waals surface area contributed by atoms with Crippen LogP contribution in [0.3, 0.4) is 0 Å². The van der Waals surface area contributed by atoms with Crippen molar-refractivity contribution in [1.29, 1.82) is 0 Å². The van der Waals surface area contributed by atoms with Crippen LogP contribution < -0.4 is 14.5 Å². The number of hydrogen-bond acceptors (Lipinski definition) is 3. The fourth-order valence-corrected chi connectivity index (χ4v) is 3.42. The molecular formula is C21H26N2O2. The fourth-order valence-electron chi connectivity index (χ4n) is 3.42. The number of carbonyl (C=O) groups excluding carboxylic acids is 1. The molecule has 0 saturated carbocycles. The van der Waals surface area contributed by atoms with Gasteiger partial charge in [-0.1, -0.05) is 6.07 Å². The molecule has 0 saturated heterocycles. The minimum absolute atomic E-state index is 0.0375. The lowest BCUT2D eigenvalue weighted by molar-refractivity contribution is 0.0984. The zero-order valence-electron chi connectivity index (χ0n) is 15.5. The van der Waals surface area contributed by atoms with Gasteiger partial charge >= 0.3 is 0 Å². The number of nitrogens with zero attached hydrogens (tertiary/aromatic N) is 2. The summed E-state index contributed by atoms with van der Waals surface area (Å²) in [6.45, 7) is 5.87. The van der Waals surface area contributed by atoms with Crippen LogP contribution in [0.2, 0.25) is 0 Å². The summed E-state index contributed by atoms with van der Waals surface area (Å²) < 4.78 is 5.55. The topological polar surface area (TPSA) is 32.8 Å². The van der Waals surface area contributed by atoms with E-state index in [1.807, 2.05) is 42.3 Å². The van der Waals surface area contributed by atoms with Crippen LogP contribution in [0.4, 0.5) is 11.4 Å². The van der Waals surface area contributed by atoms with Crippen LogP contribution in [-0.4, -0.2) is 33.2 Å². The molecule has 0 bridgehead atoms. The molecular weight excluding hydrogens is 312 g/mol. The number of rotatable bonds is 4. The molecule has 1 aliphatic rings. The highest BCUT2D eigenvalue weighted by atomic mass is 16.5. The third kappa shape index (κ3) is 3.21. The highest BCUT2D eigenvalue weighted by Gasteiger charge is 2.27. The molecule has 1 heterocycles. The Labute approximate surface area is 150 Å². The molecule has 0 aromatic heterocycles. The number of methoxy groups -OCH3 is 1. The summed E-state index contributed by atoms with van der Waals surface area (Å²) >= 11 is 0. The van der Waals surface area contributed by atoms with Gasteiger partial charge in [0.2, 0.25) is 0 Å². The maximum absolute atomic E-state index is 13.1. The van der Waals surface area contributed by atoms with Gasteiger partial charge in [-0.15, -0.1) is 0 Å². The molecule has 0 atom stereocenters. The average Bonchev–Trinajstić information content (AvgIpc) is 2.67. The summed E-state index contributed by atoms with van der Waals surface area (Å²) in [5.41, 5.74) is 5.21. The predicted molar refractivity (Wildman–Crippen MR) is 103 cm³/mol. The Hall–Kier alpha value is -2.49. The largest absolute Gasteiger partial charge is 0.495 e. The first-order chi connectivity index (χ1) is 12.1. The number of anilines is 2. The summed E-state index contributed by atoms with van der Waals surface area (Å²) in [7, 11) is 3.71. The Morgan fingerprint density at radius 2 is 1.92 bits per heavy atom. The number of ether oxygens (including phenoxy) is 1. The third-order valence-electron chi connectivity index (χ3n) is 5.05. The number of benzene rings is 2. The van der Waals surface area contributed by atoms with Gasteiger partial charge in [0.05, 0.1) is 12.8 Å². The summed E-state index contributed by atoms with van der Waals surface area (Å²) in [6, 6.07) is 11.9. The van der Waals surface area contributed by atoms with Crippen molar-refractivity contribution in [3.63, 3.8) is 0 Å². The van der Waals surface area contributed by atoms with Crippen LogP contribution in [0.1, 0.15) is 34.8 Å². The van der Waals surface area contributed by atoms with Crippen molar-refractivity contribution in [2.24, 2.45) is 0 Å². The van der Waals surface area contributed by atoms with E-state index in [2.05, 4.69) is 24.8 Å². The van der Waals surface area contributed by atoms with Gasteiger partial charge in [0, 0.05) is 31.4 Å². The molecule has 4 heteroatoms. The van der Waals surface area contributed by atoms with Gasteiger partial charge < -0.3 is 14.5 Å². The van der Waals surface area contributed by atoms with Gasteiger partial charge in [0.15, 0.2) is 0 Å². The van der Waals surface area contributed by atoms with E-state index in [4.69, 9.17) is 4.74 Å². The standard InChI is InChI=1S/C21H26N2O2/c1-5-22(3)17-11-9-16(10-12-17)21(24)23-14-6-7-18-15(2)8-13-19(25-4)20(18)23/h8-13H,5-7,14H2,1-4H3. The van der Waals surface area contributed by atoms with E-state index in [0.717, 1.165) is 43.1 Å². The third-order valence-corrected chi connectivity index (χ3v) is 5.05. The average molecular weight is 338 g/mol. The maximum Gasteiger partial charge on any atom is 0.258 e. The highest BCUT2D eigenvalue weighted by molar-refractivity contribution is 6.08. The number of aryl methyl sites for hydroxylation is 1. The highest BCUT2D eigenvalue weighted by Crippen LogP contribution is 2.39. The van der Waals surface area contributed by atoms with Gasteiger partial charge in [-0.05, 0) is 68.1 Å². The van der Waals surface area contributed by atoms with Crippen LogP contribution in [0.25, 0.3) is 0 Å². The van der Waals surface area contributed by atoms with Crippen LogP contribution in [0.5, 0.6) is 5.75 Å². The van der Waals surface area contributed by atoms with Gasteiger partial charge in [-0.3, -0.25) is 4.79 Å². The SMILES string of the molecule is CCN(C)c1ccc(C(=O)N2CCCc3c(C)ccc(OC)c32)cc1. The first kappa shape index (κ1) is 17.3. The van der Waals surface area contributed by atoms with Crippen LogP contribution in [-0.2, 0) is 6.42 Å². The van der Waals surface area contributed by atoms with Crippen LogP contribution in [0, 0.1) is 6.92 Å². The molecule has 2 aromatic carbocycles. The Morgan fingerprint density at radius 3 is 2.56 bits per heavy atom. The molecule has 25 heavy (non-hydrogen) atoms. The fraction of sp³-hybridized carbons (Fsp3) is 0.381. The molecule has 0 aliphatic carbocycles. The smallest absolute Gasteiger partial charge is 0.258 e. The predicted octanol–water partition coefficient (Wildman–Crippen LogP) is 4.05. The molecule has 132 valence electrons. The molecule has 4 nitrogen and oxygen atoms in total. The molecule has 2 aromatic rings. The Bertz CT molecular complexity index is 768. The summed E-state index contributed by atoms with van der Waals surface area (Å²) in [6.07, 6.45) is 1.96. The summed E-state index contributed by atoms with van der Waals surface area (Å²) in [5.74, 6) is 0.812. The van der Waals surface area contributed by atoms with Crippen molar-refractivity contribution < 1.29 is 9.53 Å². The van der Waals surface area contributed by atoms with Crippen molar-refractivity contribution in [2.75, 3.05) is 37.0 Å². The molecule has 3 rings (SSSR count). The molecule has 0 spiro atoms. The van der Waals surface area contributed by atoms with E-state index < -0.39 is 0 Å². The van der Waals surface area contributed by atoms with E-state index >= 15 is 0 Å². The first-order valence-electron chi connectivity index (χ1n) is 8.86. The minimum atomic E-state index is 0.0375. The molecule has 0 unspecified atom stereocenters. The quantitative estimate of drug-likeness (QED) is 0.843. The van der Waals surface area contributed by atoms with E-state index in [-0.39, 0.29) is 5.91 Å². The van der Waals surface area contributed by atoms with Crippen molar-refractivity contribution >= 4 is 17.3 Å². The van der Waals surface area contributed by atoms with Crippen molar-refractivity contribution in [2.45, 2.75) is 26.7 Å². The first-order valence-corrected chi connectivity index (χ1v) is 8.86. The Kier molecular flexibility index (Phi) is 4.98. The molecule has 0 N–H and O–H groups in total. The second kappa shape index (κ2) is 7.18. The minimum Gasteiger partial charge on any atom is -0.495 e. The lowest BCUT2D eigenvalue weighted by Gasteiger charge is -2.32. The number of amides is 1. The van der Waals surface area contributed by atoms with Gasteiger partial charge in [-0.2, -0.15) is 0 Å². The van der Waals surface area contributed by atoms with Crippen molar-refractivity contribution in [3.05, 3.63) is 53.1 Å². The van der Waals surface area contributed by atoms with E-state index in [1.165, 1.54) is 11.1 Å². The summed E-state index contributed by atoms with van der Waals surface area (Å²) in [4.78, 5) is 17.2. The molecule has 0 radical (unpaired) electrons. The second-order valence-electron chi connectivity index (χ2n) is 6.53. The van der Waals surface area contributed by atoms with Crippen LogP contribution >= 0.6 is 0 Å². The van der Waals surface area contributed by atoms with E-state index in [1.54, 1.807) is 7.11 Å². The van der Waals surface area contributed by atoms with Crippen molar-refractivity contribution in [3.8, 4) is 5.75 Å². The van der Waals surface area contributed by atoms with E-state index in [9.17, 15) is 4.79 Å². The number of carbonyl (C=O) groups is 1. The lowest BCUT2D eigenvalue weighted by atomic mass is 9.95. The maximum atomic E-state index is 13.1. The summed E-state index contributed by atoms with van der Waals surface area (Å²) in [5, 5.41) is 0. The lowest BCUT2D eigenvalue weighted by Crippen LogP contribution is -2.36. The Morgan fingerprint density at radius 1 is 1.20 bits per heavy atom. The zero-order valence-corrected chi connectivity index (χ0v) is 15.5. The number of hydrogen-bond donors (Lipinski definition) is 0. The Balaban J connectivity index is 1.96. The second-order valence-corrected chi connectivity index (χ2v) is 6.53. The zero-order chi connectivity index (χ0) is 18.0. The number of fused-ring (bicyclic) bond motifs is 1. The molecule has 1 amide bonds. The van der Waals surface area contributed by atoms with E-state index in [0.29, 0.717) is 5.56 Å². The van der Waals surface area contributed by atoms with Crippen LogP contribution in [0.15, 0.2) is 36.4 Å². The molecule has 1 aliphatic heterocycles. The van der Waals surface area contributed by atoms with Gasteiger partial charge in [-0.25, -0.2) is 0 Å². The van der Waals surface area contributed by atoms with Gasteiger partial charge in [0.25, 0.3) is 5.91 Å². The van der Waals surface area contributed by atoms with Gasteiger partial charge in [0.1, 0.15) is 5.75 Å². The monoisotopic (exact) mass is 338 g/mol. The molecule has 0 fully saturated rings. The van der Waals surface area contributed by atoms with Crippen molar-refractivity contribution in [1.82, 2.24) is 0 Å². The normalized spacial score (nSPS) is 13.4.